The molecule has 1 spiro atoms. The Morgan fingerprint density at radius 1 is 1.39 bits per heavy atom. The number of hydrogen-bond donors (Lipinski definition) is 0. The summed E-state index contributed by atoms with van der Waals surface area (Å²) < 4.78 is 5.49. The molecule has 124 valence electrons. The summed E-state index contributed by atoms with van der Waals surface area (Å²) in [7, 11) is 0. The molecule has 3 rings (SSSR count). The van der Waals surface area contributed by atoms with Gasteiger partial charge in [0.2, 0.25) is 5.91 Å². The van der Waals surface area contributed by atoms with Crippen LogP contribution < -0.4 is 0 Å². The summed E-state index contributed by atoms with van der Waals surface area (Å²) in [6, 6.07) is 3.54. The molecule has 0 unspecified atom stereocenters. The van der Waals surface area contributed by atoms with Crippen LogP contribution in [0, 0.1) is 0 Å². The lowest BCUT2D eigenvalue weighted by Crippen LogP contribution is -2.58. The molecular formula is C17H23N3O3. The van der Waals surface area contributed by atoms with Crippen LogP contribution in [0.1, 0.15) is 36.5 Å². The second-order valence-electron chi connectivity index (χ2n) is 6.19. The first-order valence-corrected chi connectivity index (χ1v) is 8.24. The number of carbonyl (C=O) groups excluding carboxylic acids is 2. The molecule has 1 aromatic heterocycles. The van der Waals surface area contributed by atoms with E-state index < -0.39 is 0 Å². The van der Waals surface area contributed by atoms with Crippen LogP contribution in [0.25, 0.3) is 0 Å². The summed E-state index contributed by atoms with van der Waals surface area (Å²) in [5, 5.41) is 0. The average Bonchev–Trinajstić information content (AvgIpc) is 2.72. The SMILES string of the molecule is CCN1C(=O)CCN(C(=O)c2cccnc2)CC12CCOCC2. The van der Waals surface area contributed by atoms with Crippen LogP contribution in [0.15, 0.2) is 24.5 Å². The van der Waals surface area contributed by atoms with Crippen molar-refractivity contribution >= 4 is 11.8 Å². The molecule has 0 radical (unpaired) electrons. The number of hydrogen-bond acceptors (Lipinski definition) is 4. The predicted molar refractivity (Wildman–Crippen MR) is 84.9 cm³/mol. The molecule has 2 aliphatic rings. The first kappa shape index (κ1) is 15.9. The van der Waals surface area contributed by atoms with E-state index in [2.05, 4.69) is 4.98 Å². The van der Waals surface area contributed by atoms with E-state index in [0.29, 0.717) is 44.8 Å². The summed E-state index contributed by atoms with van der Waals surface area (Å²) in [4.78, 5) is 33.2. The van der Waals surface area contributed by atoms with Crippen molar-refractivity contribution < 1.29 is 14.3 Å². The monoisotopic (exact) mass is 317 g/mol. The van der Waals surface area contributed by atoms with Crippen molar-refractivity contribution in [2.75, 3.05) is 32.8 Å². The van der Waals surface area contributed by atoms with Crippen molar-refractivity contribution in [1.29, 1.82) is 0 Å². The van der Waals surface area contributed by atoms with E-state index in [0.717, 1.165) is 12.8 Å². The number of pyridine rings is 1. The van der Waals surface area contributed by atoms with Gasteiger partial charge in [0.15, 0.2) is 0 Å². The van der Waals surface area contributed by atoms with Gasteiger partial charge in [-0.15, -0.1) is 0 Å². The summed E-state index contributed by atoms with van der Waals surface area (Å²) in [6.07, 6.45) is 5.18. The quantitative estimate of drug-likeness (QED) is 0.825. The fourth-order valence-electron chi connectivity index (χ4n) is 3.69. The first-order chi connectivity index (χ1) is 11.2. The highest BCUT2D eigenvalue weighted by Gasteiger charge is 2.44. The second kappa shape index (κ2) is 6.66. The number of carbonyl (C=O) groups is 2. The molecule has 1 aromatic rings. The van der Waals surface area contributed by atoms with Crippen LogP contribution in [0.3, 0.4) is 0 Å². The van der Waals surface area contributed by atoms with Crippen LogP contribution in [-0.4, -0.2) is 65.0 Å². The fourth-order valence-corrected chi connectivity index (χ4v) is 3.69. The van der Waals surface area contributed by atoms with Gasteiger partial charge in [0.1, 0.15) is 0 Å². The minimum atomic E-state index is -0.293. The van der Waals surface area contributed by atoms with Gasteiger partial charge in [0.25, 0.3) is 5.91 Å². The number of nitrogens with zero attached hydrogens (tertiary/aromatic N) is 3. The predicted octanol–water partition coefficient (Wildman–Crippen LogP) is 1.33. The van der Waals surface area contributed by atoms with E-state index in [1.807, 2.05) is 16.7 Å². The highest BCUT2D eigenvalue weighted by Crippen LogP contribution is 2.32. The molecular weight excluding hydrogens is 294 g/mol. The number of rotatable bonds is 2. The minimum absolute atomic E-state index is 0.0466. The van der Waals surface area contributed by atoms with Crippen LogP contribution in [0.4, 0.5) is 0 Å². The Morgan fingerprint density at radius 3 is 2.83 bits per heavy atom. The third-order valence-electron chi connectivity index (χ3n) is 4.89. The van der Waals surface area contributed by atoms with E-state index >= 15 is 0 Å². The normalized spacial score (nSPS) is 21.3. The molecule has 2 amide bonds. The Bertz CT molecular complexity index is 570. The molecule has 0 aliphatic carbocycles. The van der Waals surface area contributed by atoms with Gasteiger partial charge in [-0.2, -0.15) is 0 Å². The van der Waals surface area contributed by atoms with Crippen molar-refractivity contribution in [3.8, 4) is 0 Å². The van der Waals surface area contributed by atoms with E-state index in [4.69, 9.17) is 4.74 Å². The van der Waals surface area contributed by atoms with E-state index in [9.17, 15) is 9.59 Å². The molecule has 2 saturated heterocycles. The van der Waals surface area contributed by atoms with Crippen molar-refractivity contribution in [1.82, 2.24) is 14.8 Å². The fraction of sp³-hybridized carbons (Fsp3) is 0.588. The molecule has 0 saturated carbocycles. The topological polar surface area (TPSA) is 62.7 Å². The Morgan fingerprint density at radius 2 is 2.17 bits per heavy atom. The molecule has 3 heterocycles. The molecule has 2 aliphatic heterocycles. The van der Waals surface area contributed by atoms with E-state index in [-0.39, 0.29) is 17.4 Å². The van der Waals surface area contributed by atoms with Crippen LogP contribution in [0.2, 0.25) is 0 Å². The molecule has 23 heavy (non-hydrogen) atoms. The van der Waals surface area contributed by atoms with Gasteiger partial charge < -0.3 is 14.5 Å². The standard InChI is InChI=1S/C17H23N3O3/c1-2-20-15(21)5-9-19(13-17(20)6-10-23-11-7-17)16(22)14-4-3-8-18-12-14/h3-4,8,12H,2,5-7,9-11,13H2,1H3. The molecule has 0 atom stereocenters. The molecule has 2 fully saturated rings. The Labute approximate surface area is 136 Å². The number of amides is 2. The average molecular weight is 317 g/mol. The maximum absolute atomic E-state index is 12.8. The Balaban J connectivity index is 1.88. The van der Waals surface area contributed by atoms with Crippen molar-refractivity contribution in [3.05, 3.63) is 30.1 Å². The van der Waals surface area contributed by atoms with E-state index in [1.54, 1.807) is 24.5 Å². The number of ether oxygens (including phenoxy) is 1. The van der Waals surface area contributed by atoms with Gasteiger partial charge in [-0.3, -0.25) is 14.6 Å². The Hall–Kier alpha value is -1.95. The van der Waals surface area contributed by atoms with Gasteiger partial charge in [0.05, 0.1) is 11.1 Å². The Kier molecular flexibility index (Phi) is 4.61. The summed E-state index contributed by atoms with van der Waals surface area (Å²) in [6.45, 7) is 4.99. The third-order valence-corrected chi connectivity index (χ3v) is 4.89. The van der Waals surface area contributed by atoms with Gasteiger partial charge in [-0.25, -0.2) is 0 Å². The lowest BCUT2D eigenvalue weighted by atomic mass is 9.87. The number of aromatic nitrogens is 1. The number of likely N-dealkylation sites (N-methyl/N-ethyl adjacent to an activating group) is 1. The molecule has 6 heteroatoms. The lowest BCUT2D eigenvalue weighted by molar-refractivity contribution is -0.139. The van der Waals surface area contributed by atoms with E-state index in [1.165, 1.54) is 0 Å². The maximum atomic E-state index is 12.8. The zero-order valence-corrected chi connectivity index (χ0v) is 13.5. The lowest BCUT2D eigenvalue weighted by Gasteiger charge is -2.46. The van der Waals surface area contributed by atoms with Gasteiger partial charge >= 0.3 is 0 Å². The van der Waals surface area contributed by atoms with Crippen molar-refractivity contribution in [2.45, 2.75) is 31.7 Å². The maximum Gasteiger partial charge on any atom is 0.255 e. The van der Waals surface area contributed by atoms with Crippen molar-refractivity contribution in [2.24, 2.45) is 0 Å². The highest BCUT2D eigenvalue weighted by molar-refractivity contribution is 5.94. The van der Waals surface area contributed by atoms with Crippen LogP contribution in [0.5, 0.6) is 0 Å². The molecule has 6 nitrogen and oxygen atoms in total. The molecule has 0 N–H and O–H groups in total. The summed E-state index contributed by atoms with van der Waals surface area (Å²) >= 11 is 0. The first-order valence-electron chi connectivity index (χ1n) is 8.24. The van der Waals surface area contributed by atoms with Crippen LogP contribution >= 0.6 is 0 Å². The van der Waals surface area contributed by atoms with Crippen molar-refractivity contribution in [3.63, 3.8) is 0 Å². The third kappa shape index (κ3) is 3.08. The highest BCUT2D eigenvalue weighted by atomic mass is 16.5. The smallest absolute Gasteiger partial charge is 0.255 e. The van der Waals surface area contributed by atoms with Gasteiger partial charge in [0, 0.05) is 51.7 Å². The van der Waals surface area contributed by atoms with Crippen LogP contribution in [-0.2, 0) is 9.53 Å². The second-order valence-corrected chi connectivity index (χ2v) is 6.19. The zero-order valence-electron chi connectivity index (χ0n) is 13.5. The molecule has 0 aromatic carbocycles. The minimum Gasteiger partial charge on any atom is -0.381 e. The van der Waals surface area contributed by atoms with Gasteiger partial charge in [-0.1, -0.05) is 0 Å². The summed E-state index contributed by atoms with van der Waals surface area (Å²) in [5.41, 5.74) is 0.283. The zero-order chi connectivity index (χ0) is 16.3. The van der Waals surface area contributed by atoms with Gasteiger partial charge in [-0.05, 0) is 31.9 Å². The molecule has 0 bridgehead atoms. The largest absolute Gasteiger partial charge is 0.381 e. The summed E-state index contributed by atoms with van der Waals surface area (Å²) in [5.74, 6) is 0.0885.